The van der Waals surface area contributed by atoms with Crippen LogP contribution < -0.4 is 0 Å². The molecule has 5 heteroatoms. The molecule has 0 radical (unpaired) electrons. The van der Waals surface area contributed by atoms with E-state index in [1.165, 1.54) is 6.07 Å². The number of halogens is 1. The van der Waals surface area contributed by atoms with E-state index in [0.717, 1.165) is 57.5 Å². The molecule has 0 N–H and O–H groups in total. The molecule has 1 atom stereocenters. The number of carbonyl (C=O) groups excluding carboxylic acids is 1. The van der Waals surface area contributed by atoms with Crippen LogP contribution in [0.3, 0.4) is 0 Å². The van der Waals surface area contributed by atoms with E-state index in [1.54, 1.807) is 12.1 Å². The highest BCUT2D eigenvalue weighted by Crippen LogP contribution is 2.16. The Bertz CT molecular complexity index is 526. The van der Waals surface area contributed by atoms with Crippen molar-refractivity contribution < 1.29 is 13.9 Å². The Morgan fingerprint density at radius 2 is 2.13 bits per heavy atom. The normalized spacial score (nSPS) is 21.3. The number of carbonyl (C=O) groups is 1. The SMILES string of the molecule is O=C(CN(Cc1cccc(F)c1)CC1CCCO1)N1CCCC1. The van der Waals surface area contributed by atoms with Gasteiger partial charge >= 0.3 is 0 Å². The molecule has 1 aromatic carbocycles. The first-order valence-corrected chi connectivity index (χ1v) is 8.57. The molecule has 1 aromatic rings. The third-order valence-corrected chi connectivity index (χ3v) is 4.60. The lowest BCUT2D eigenvalue weighted by Crippen LogP contribution is -2.41. The lowest BCUT2D eigenvalue weighted by molar-refractivity contribution is -0.131. The van der Waals surface area contributed by atoms with Crippen molar-refractivity contribution >= 4 is 5.91 Å². The van der Waals surface area contributed by atoms with Crippen molar-refractivity contribution in [3.8, 4) is 0 Å². The number of hydrogen-bond donors (Lipinski definition) is 0. The zero-order valence-corrected chi connectivity index (χ0v) is 13.5. The molecule has 2 aliphatic rings. The van der Waals surface area contributed by atoms with E-state index in [-0.39, 0.29) is 17.8 Å². The van der Waals surface area contributed by atoms with Gasteiger partial charge in [0.2, 0.25) is 5.91 Å². The van der Waals surface area contributed by atoms with E-state index in [4.69, 9.17) is 4.74 Å². The summed E-state index contributed by atoms with van der Waals surface area (Å²) in [5.41, 5.74) is 0.900. The van der Waals surface area contributed by atoms with E-state index >= 15 is 0 Å². The topological polar surface area (TPSA) is 32.8 Å². The van der Waals surface area contributed by atoms with Crippen LogP contribution in [0, 0.1) is 5.82 Å². The third kappa shape index (κ3) is 4.75. The highest BCUT2D eigenvalue weighted by atomic mass is 19.1. The lowest BCUT2D eigenvalue weighted by atomic mass is 10.1. The van der Waals surface area contributed by atoms with Crippen LogP contribution in [-0.4, -0.2) is 54.6 Å². The molecule has 0 spiro atoms. The summed E-state index contributed by atoms with van der Waals surface area (Å²) in [6.07, 6.45) is 4.51. The van der Waals surface area contributed by atoms with Crippen LogP contribution in [0.25, 0.3) is 0 Å². The Balaban J connectivity index is 1.63. The van der Waals surface area contributed by atoms with Gasteiger partial charge in [0.05, 0.1) is 12.6 Å². The predicted octanol–water partition coefficient (Wildman–Crippen LogP) is 2.43. The molecule has 23 heavy (non-hydrogen) atoms. The maximum Gasteiger partial charge on any atom is 0.236 e. The van der Waals surface area contributed by atoms with Gasteiger partial charge in [-0.3, -0.25) is 9.69 Å². The minimum absolute atomic E-state index is 0.178. The van der Waals surface area contributed by atoms with Crippen molar-refractivity contribution in [1.82, 2.24) is 9.80 Å². The summed E-state index contributed by atoms with van der Waals surface area (Å²) in [5, 5.41) is 0. The fourth-order valence-corrected chi connectivity index (χ4v) is 3.41. The second-order valence-corrected chi connectivity index (χ2v) is 6.52. The van der Waals surface area contributed by atoms with Crippen molar-refractivity contribution in [3.05, 3.63) is 35.6 Å². The smallest absolute Gasteiger partial charge is 0.236 e. The van der Waals surface area contributed by atoms with Gasteiger partial charge in [0, 0.05) is 32.8 Å². The fraction of sp³-hybridized carbons (Fsp3) is 0.611. The molecule has 2 heterocycles. The number of likely N-dealkylation sites (tertiary alicyclic amines) is 1. The van der Waals surface area contributed by atoms with Gasteiger partial charge < -0.3 is 9.64 Å². The summed E-state index contributed by atoms with van der Waals surface area (Å²) in [6, 6.07) is 6.62. The zero-order valence-electron chi connectivity index (χ0n) is 13.5. The minimum Gasteiger partial charge on any atom is -0.377 e. The number of ether oxygens (including phenoxy) is 1. The monoisotopic (exact) mass is 320 g/mol. The summed E-state index contributed by atoms with van der Waals surface area (Å²) in [7, 11) is 0. The molecule has 0 aromatic heterocycles. The molecule has 3 rings (SSSR count). The van der Waals surface area contributed by atoms with Crippen LogP contribution in [0.2, 0.25) is 0 Å². The first-order valence-electron chi connectivity index (χ1n) is 8.57. The highest BCUT2D eigenvalue weighted by molar-refractivity contribution is 5.78. The first-order chi connectivity index (χ1) is 11.2. The molecule has 0 saturated carbocycles. The Morgan fingerprint density at radius 1 is 1.30 bits per heavy atom. The van der Waals surface area contributed by atoms with Crippen LogP contribution in [0.1, 0.15) is 31.2 Å². The third-order valence-electron chi connectivity index (χ3n) is 4.60. The maximum absolute atomic E-state index is 13.4. The molecule has 2 fully saturated rings. The number of nitrogens with zero attached hydrogens (tertiary/aromatic N) is 2. The van der Waals surface area contributed by atoms with Gasteiger partial charge in [-0.05, 0) is 43.4 Å². The van der Waals surface area contributed by atoms with E-state index in [1.807, 2.05) is 11.0 Å². The van der Waals surface area contributed by atoms with Gasteiger partial charge in [-0.1, -0.05) is 12.1 Å². The molecule has 2 aliphatic heterocycles. The second kappa shape index (κ2) is 7.88. The largest absolute Gasteiger partial charge is 0.377 e. The van der Waals surface area contributed by atoms with Crippen molar-refractivity contribution in [2.24, 2.45) is 0 Å². The average molecular weight is 320 g/mol. The van der Waals surface area contributed by atoms with Crippen LogP contribution >= 0.6 is 0 Å². The number of benzene rings is 1. The molecule has 2 saturated heterocycles. The van der Waals surface area contributed by atoms with Crippen molar-refractivity contribution in [1.29, 1.82) is 0 Å². The average Bonchev–Trinajstić information content (AvgIpc) is 3.20. The van der Waals surface area contributed by atoms with E-state index in [9.17, 15) is 9.18 Å². The number of rotatable bonds is 6. The summed E-state index contributed by atoms with van der Waals surface area (Å²) in [4.78, 5) is 16.5. The summed E-state index contributed by atoms with van der Waals surface area (Å²) in [6.45, 7) is 4.24. The van der Waals surface area contributed by atoms with E-state index in [2.05, 4.69) is 4.90 Å². The van der Waals surface area contributed by atoms with Crippen LogP contribution in [0.15, 0.2) is 24.3 Å². The molecule has 1 amide bonds. The Labute approximate surface area is 137 Å². The minimum atomic E-state index is -0.231. The van der Waals surface area contributed by atoms with Gasteiger partial charge in [0.25, 0.3) is 0 Å². The summed E-state index contributed by atoms with van der Waals surface area (Å²) >= 11 is 0. The van der Waals surface area contributed by atoms with Gasteiger partial charge in [-0.2, -0.15) is 0 Å². The Kier molecular flexibility index (Phi) is 5.62. The van der Waals surface area contributed by atoms with Gasteiger partial charge in [-0.25, -0.2) is 4.39 Å². The fourth-order valence-electron chi connectivity index (χ4n) is 3.41. The maximum atomic E-state index is 13.4. The standard InChI is InChI=1S/C18H25FN2O2/c19-16-6-3-5-15(11-16)12-20(13-17-7-4-10-23-17)14-18(22)21-8-1-2-9-21/h3,5-6,11,17H,1-2,4,7-10,12-14H2. The van der Waals surface area contributed by atoms with E-state index < -0.39 is 0 Å². The summed E-state index contributed by atoms with van der Waals surface area (Å²) < 4.78 is 19.1. The van der Waals surface area contributed by atoms with Crippen LogP contribution in [0.5, 0.6) is 0 Å². The highest BCUT2D eigenvalue weighted by Gasteiger charge is 2.24. The van der Waals surface area contributed by atoms with Gasteiger partial charge in [-0.15, -0.1) is 0 Å². The Morgan fingerprint density at radius 3 is 2.83 bits per heavy atom. The van der Waals surface area contributed by atoms with Gasteiger partial charge in [0.1, 0.15) is 5.82 Å². The van der Waals surface area contributed by atoms with Crippen LogP contribution in [0.4, 0.5) is 4.39 Å². The predicted molar refractivity (Wildman–Crippen MR) is 86.5 cm³/mol. The second-order valence-electron chi connectivity index (χ2n) is 6.52. The molecule has 126 valence electrons. The quantitative estimate of drug-likeness (QED) is 0.807. The van der Waals surface area contributed by atoms with Crippen molar-refractivity contribution in [2.45, 2.75) is 38.3 Å². The van der Waals surface area contributed by atoms with Crippen LogP contribution in [-0.2, 0) is 16.1 Å². The van der Waals surface area contributed by atoms with Crippen molar-refractivity contribution in [2.75, 3.05) is 32.8 Å². The Hall–Kier alpha value is -1.46. The molecule has 0 aliphatic carbocycles. The molecular formula is C18H25FN2O2. The molecule has 0 bridgehead atoms. The molecule has 1 unspecified atom stereocenters. The van der Waals surface area contributed by atoms with Gasteiger partial charge in [0.15, 0.2) is 0 Å². The first kappa shape index (κ1) is 16.4. The number of amides is 1. The molecule has 4 nitrogen and oxygen atoms in total. The number of hydrogen-bond acceptors (Lipinski definition) is 3. The zero-order chi connectivity index (χ0) is 16.1. The van der Waals surface area contributed by atoms with Crippen molar-refractivity contribution in [3.63, 3.8) is 0 Å². The lowest BCUT2D eigenvalue weighted by Gasteiger charge is -2.27. The molecular weight excluding hydrogens is 295 g/mol. The van der Waals surface area contributed by atoms with E-state index in [0.29, 0.717) is 13.1 Å². The summed E-state index contributed by atoms with van der Waals surface area (Å²) in [5.74, 6) is -0.0534.